The molecule has 0 spiro atoms. The lowest BCUT2D eigenvalue weighted by Crippen LogP contribution is -2.56. The van der Waals surface area contributed by atoms with Gasteiger partial charge in [-0.25, -0.2) is 4.39 Å². The Kier molecular flexibility index (Phi) is 6.02. The van der Waals surface area contributed by atoms with E-state index in [0.717, 1.165) is 4.90 Å². The summed E-state index contributed by atoms with van der Waals surface area (Å²) in [6, 6.07) is 6.63. The number of hydrogen-bond donors (Lipinski definition) is 2. The van der Waals surface area contributed by atoms with Crippen LogP contribution in [0.5, 0.6) is 0 Å². The van der Waals surface area contributed by atoms with Crippen molar-refractivity contribution in [1.29, 1.82) is 0 Å². The summed E-state index contributed by atoms with van der Waals surface area (Å²) in [5.74, 6) is -0.613. The fourth-order valence-corrected chi connectivity index (χ4v) is 3.48. The molecule has 0 heterocycles. The second-order valence-electron chi connectivity index (χ2n) is 5.59. The Hall–Kier alpha value is -1.07. The maximum absolute atomic E-state index is 13.2. The molecule has 0 fully saturated rings. The maximum atomic E-state index is 13.2. The van der Waals surface area contributed by atoms with Gasteiger partial charge >= 0.3 is 0 Å². The molecular weight excluding hydrogens is 275 g/mol. The Morgan fingerprint density at radius 3 is 2.60 bits per heavy atom. The maximum Gasteiger partial charge on any atom is 0.237 e. The quantitative estimate of drug-likeness (QED) is 0.761. The van der Waals surface area contributed by atoms with Gasteiger partial charge in [-0.15, -0.1) is 11.8 Å². The normalized spacial score (nSPS) is 15.9. The minimum absolute atomic E-state index is 0.139. The summed E-state index contributed by atoms with van der Waals surface area (Å²) in [7, 11) is 0. The van der Waals surface area contributed by atoms with Gasteiger partial charge in [-0.05, 0) is 45.4 Å². The summed E-state index contributed by atoms with van der Waals surface area (Å²) in [5, 5.41) is 3.36. The monoisotopic (exact) mass is 298 g/mol. The van der Waals surface area contributed by atoms with Gasteiger partial charge < -0.3 is 11.1 Å². The number of primary amides is 1. The van der Waals surface area contributed by atoms with E-state index >= 15 is 0 Å². The van der Waals surface area contributed by atoms with Crippen LogP contribution in [0.3, 0.4) is 0 Å². The zero-order chi connectivity index (χ0) is 15.3. The van der Waals surface area contributed by atoms with Crippen LogP contribution in [0.4, 0.5) is 4.39 Å². The number of nitrogens with one attached hydrogen (secondary N) is 1. The molecule has 112 valence electrons. The third kappa shape index (κ3) is 5.13. The third-order valence-corrected chi connectivity index (χ3v) is 4.08. The van der Waals surface area contributed by atoms with E-state index < -0.39 is 5.54 Å². The summed E-state index contributed by atoms with van der Waals surface area (Å²) < 4.78 is 13.2. The Balaban J connectivity index is 2.71. The van der Waals surface area contributed by atoms with Crippen molar-refractivity contribution in [3.05, 3.63) is 30.1 Å². The lowest BCUT2D eigenvalue weighted by molar-refractivity contribution is -0.124. The number of hydrogen-bond acceptors (Lipinski definition) is 3. The van der Waals surface area contributed by atoms with E-state index in [0.29, 0.717) is 6.42 Å². The third-order valence-electron chi connectivity index (χ3n) is 2.98. The van der Waals surface area contributed by atoms with Crippen molar-refractivity contribution in [2.24, 2.45) is 5.73 Å². The SMILES string of the molecule is CC(C)NC(C)(CC(C)Sc1cccc(F)c1)C(N)=O. The van der Waals surface area contributed by atoms with Gasteiger partial charge in [0, 0.05) is 16.2 Å². The smallest absolute Gasteiger partial charge is 0.237 e. The van der Waals surface area contributed by atoms with Gasteiger partial charge in [0.15, 0.2) is 0 Å². The lowest BCUT2D eigenvalue weighted by Gasteiger charge is -2.32. The number of nitrogens with two attached hydrogens (primary N) is 1. The first-order valence-electron chi connectivity index (χ1n) is 6.73. The molecule has 0 aliphatic rings. The molecular formula is C15H23FN2OS. The highest BCUT2D eigenvalue weighted by Crippen LogP contribution is 2.29. The van der Waals surface area contributed by atoms with Crippen LogP contribution >= 0.6 is 11.8 Å². The van der Waals surface area contributed by atoms with Gasteiger partial charge in [0.05, 0.1) is 5.54 Å². The molecule has 0 saturated heterocycles. The molecule has 0 radical (unpaired) electrons. The number of amides is 1. The van der Waals surface area contributed by atoms with Crippen molar-refractivity contribution < 1.29 is 9.18 Å². The van der Waals surface area contributed by atoms with E-state index in [1.807, 2.05) is 33.8 Å². The standard InChI is InChI=1S/C15H23FN2OS/c1-10(2)18-15(4,14(17)19)9-11(3)20-13-7-5-6-12(16)8-13/h5-8,10-11,18H,9H2,1-4H3,(H2,17,19). The van der Waals surface area contributed by atoms with Crippen molar-refractivity contribution in [2.75, 3.05) is 0 Å². The second-order valence-corrected chi connectivity index (χ2v) is 7.10. The van der Waals surface area contributed by atoms with Gasteiger partial charge in [-0.1, -0.05) is 13.0 Å². The van der Waals surface area contributed by atoms with Gasteiger partial charge in [0.1, 0.15) is 5.82 Å². The lowest BCUT2D eigenvalue weighted by atomic mass is 9.94. The highest BCUT2D eigenvalue weighted by molar-refractivity contribution is 7.99. The van der Waals surface area contributed by atoms with Crippen LogP contribution in [-0.2, 0) is 4.79 Å². The van der Waals surface area contributed by atoms with Crippen molar-refractivity contribution >= 4 is 17.7 Å². The first-order valence-corrected chi connectivity index (χ1v) is 7.61. The first-order chi connectivity index (χ1) is 9.23. The van der Waals surface area contributed by atoms with Crippen LogP contribution in [0.2, 0.25) is 0 Å². The number of rotatable bonds is 7. The molecule has 1 aromatic rings. The van der Waals surface area contributed by atoms with Crippen LogP contribution in [0.1, 0.15) is 34.1 Å². The number of carbonyl (C=O) groups excluding carboxylic acids is 1. The average molecular weight is 298 g/mol. The van der Waals surface area contributed by atoms with E-state index in [1.165, 1.54) is 12.1 Å². The van der Waals surface area contributed by atoms with Crippen LogP contribution in [0, 0.1) is 5.82 Å². The Bertz CT molecular complexity index is 467. The molecule has 1 rings (SSSR count). The van der Waals surface area contributed by atoms with E-state index in [-0.39, 0.29) is 23.0 Å². The Morgan fingerprint density at radius 2 is 2.10 bits per heavy atom. The Morgan fingerprint density at radius 1 is 1.45 bits per heavy atom. The molecule has 20 heavy (non-hydrogen) atoms. The zero-order valence-corrected chi connectivity index (χ0v) is 13.3. The number of carbonyl (C=O) groups is 1. The largest absolute Gasteiger partial charge is 0.368 e. The summed E-state index contributed by atoms with van der Waals surface area (Å²) in [6.07, 6.45) is 0.585. The number of thioether (sulfide) groups is 1. The van der Waals surface area contributed by atoms with E-state index in [9.17, 15) is 9.18 Å². The summed E-state index contributed by atoms with van der Waals surface area (Å²) in [4.78, 5) is 12.5. The molecule has 0 aromatic heterocycles. The molecule has 0 bridgehead atoms. The summed E-state index contributed by atoms with van der Waals surface area (Å²) in [5.41, 5.74) is 4.76. The number of benzene rings is 1. The summed E-state index contributed by atoms with van der Waals surface area (Å²) >= 11 is 1.54. The minimum atomic E-state index is -0.756. The van der Waals surface area contributed by atoms with Crippen LogP contribution < -0.4 is 11.1 Å². The second kappa shape index (κ2) is 7.09. The van der Waals surface area contributed by atoms with Crippen molar-refractivity contribution in [2.45, 2.75) is 55.8 Å². The molecule has 2 unspecified atom stereocenters. The van der Waals surface area contributed by atoms with Crippen molar-refractivity contribution in [3.8, 4) is 0 Å². The van der Waals surface area contributed by atoms with Crippen molar-refractivity contribution in [1.82, 2.24) is 5.32 Å². The predicted octanol–water partition coefficient (Wildman–Crippen LogP) is 2.94. The van der Waals surface area contributed by atoms with Gasteiger partial charge in [-0.2, -0.15) is 0 Å². The van der Waals surface area contributed by atoms with Crippen LogP contribution in [0.15, 0.2) is 29.2 Å². The topological polar surface area (TPSA) is 55.1 Å². The molecule has 5 heteroatoms. The molecule has 0 aliphatic heterocycles. The minimum Gasteiger partial charge on any atom is -0.368 e. The highest BCUT2D eigenvalue weighted by Gasteiger charge is 2.33. The highest BCUT2D eigenvalue weighted by atomic mass is 32.2. The summed E-state index contributed by atoms with van der Waals surface area (Å²) in [6.45, 7) is 7.79. The van der Waals surface area contributed by atoms with Gasteiger partial charge in [0.2, 0.25) is 5.91 Å². The average Bonchev–Trinajstić information content (AvgIpc) is 2.26. The first kappa shape index (κ1) is 17.0. The van der Waals surface area contributed by atoms with Crippen LogP contribution in [-0.4, -0.2) is 22.7 Å². The van der Waals surface area contributed by atoms with Crippen LogP contribution in [0.25, 0.3) is 0 Å². The predicted molar refractivity (Wildman–Crippen MR) is 82.2 cm³/mol. The molecule has 1 amide bonds. The van der Waals surface area contributed by atoms with Crippen molar-refractivity contribution in [3.63, 3.8) is 0 Å². The Labute approximate surface area is 124 Å². The molecule has 2 atom stereocenters. The van der Waals surface area contributed by atoms with E-state index in [1.54, 1.807) is 17.8 Å². The molecule has 0 aliphatic carbocycles. The van der Waals surface area contributed by atoms with Gasteiger partial charge in [0.25, 0.3) is 0 Å². The van der Waals surface area contributed by atoms with Gasteiger partial charge in [-0.3, -0.25) is 4.79 Å². The molecule has 0 saturated carbocycles. The number of halogens is 1. The fraction of sp³-hybridized carbons (Fsp3) is 0.533. The van der Waals surface area contributed by atoms with E-state index in [2.05, 4.69) is 5.32 Å². The molecule has 3 N–H and O–H groups in total. The molecule has 3 nitrogen and oxygen atoms in total. The zero-order valence-electron chi connectivity index (χ0n) is 12.4. The fourth-order valence-electron chi connectivity index (χ4n) is 2.26. The van der Waals surface area contributed by atoms with E-state index in [4.69, 9.17) is 5.73 Å². The molecule has 1 aromatic carbocycles.